The minimum atomic E-state index is -3.11. The van der Waals surface area contributed by atoms with Gasteiger partial charge in [0.25, 0.3) is 0 Å². The van der Waals surface area contributed by atoms with Crippen molar-refractivity contribution in [1.29, 1.82) is 0 Å². The fourth-order valence-corrected chi connectivity index (χ4v) is 4.12. The quantitative estimate of drug-likeness (QED) is 0.821. The predicted molar refractivity (Wildman–Crippen MR) is 82.0 cm³/mol. The molecule has 0 radical (unpaired) electrons. The number of rotatable bonds is 5. The summed E-state index contributed by atoms with van der Waals surface area (Å²) in [6.45, 7) is 0.633. The topological polar surface area (TPSA) is 81.0 Å². The highest BCUT2D eigenvalue weighted by Gasteiger charge is 2.30. The van der Waals surface area contributed by atoms with Gasteiger partial charge in [-0.3, -0.25) is 4.57 Å². The molecule has 0 saturated carbocycles. The van der Waals surface area contributed by atoms with Gasteiger partial charge in [0, 0.05) is 36.7 Å². The van der Waals surface area contributed by atoms with E-state index in [1.807, 2.05) is 16.8 Å². The van der Waals surface area contributed by atoms with Crippen molar-refractivity contribution in [3.63, 3.8) is 0 Å². The Kier molecular flexibility index (Phi) is 4.21. The SMILES string of the molecule is CS(=O)(=O)N1CCC[C@H]1CCc1cc(-n2ccnc2)ncn1. The second-order valence-corrected chi connectivity index (χ2v) is 7.48. The average molecular weight is 321 g/mol. The molecule has 2 aromatic rings. The molecule has 1 aliphatic heterocycles. The van der Waals surface area contributed by atoms with Gasteiger partial charge in [-0.25, -0.2) is 23.4 Å². The van der Waals surface area contributed by atoms with Crippen molar-refractivity contribution in [1.82, 2.24) is 23.8 Å². The van der Waals surface area contributed by atoms with E-state index in [1.54, 1.807) is 16.8 Å². The molecule has 0 N–H and O–H groups in total. The molecule has 1 aliphatic rings. The highest BCUT2D eigenvalue weighted by atomic mass is 32.2. The lowest BCUT2D eigenvalue weighted by molar-refractivity contribution is 0.372. The van der Waals surface area contributed by atoms with E-state index < -0.39 is 10.0 Å². The molecule has 3 rings (SSSR count). The molecule has 1 atom stereocenters. The molecular formula is C14H19N5O2S. The van der Waals surface area contributed by atoms with E-state index in [0.717, 1.165) is 37.2 Å². The Morgan fingerprint density at radius 3 is 2.95 bits per heavy atom. The van der Waals surface area contributed by atoms with E-state index in [0.29, 0.717) is 6.54 Å². The summed E-state index contributed by atoms with van der Waals surface area (Å²) in [5.74, 6) is 0.772. The van der Waals surface area contributed by atoms with Crippen LogP contribution in [0.15, 0.2) is 31.1 Å². The fraction of sp³-hybridized carbons (Fsp3) is 0.500. The molecule has 0 aliphatic carbocycles. The molecule has 0 aromatic carbocycles. The van der Waals surface area contributed by atoms with E-state index in [9.17, 15) is 8.42 Å². The summed E-state index contributed by atoms with van der Waals surface area (Å²) in [7, 11) is -3.11. The molecule has 22 heavy (non-hydrogen) atoms. The number of hydrogen-bond donors (Lipinski definition) is 0. The smallest absolute Gasteiger partial charge is 0.211 e. The number of imidazole rings is 1. The number of aromatic nitrogens is 4. The molecular weight excluding hydrogens is 302 g/mol. The van der Waals surface area contributed by atoms with Gasteiger partial charge in [0.1, 0.15) is 18.5 Å². The third-order valence-corrected chi connectivity index (χ3v) is 5.29. The van der Waals surface area contributed by atoms with Crippen LogP contribution in [0.3, 0.4) is 0 Å². The van der Waals surface area contributed by atoms with Crippen molar-refractivity contribution in [2.24, 2.45) is 0 Å². The molecule has 3 heterocycles. The van der Waals surface area contributed by atoms with Gasteiger partial charge in [-0.2, -0.15) is 4.31 Å². The van der Waals surface area contributed by atoms with Crippen molar-refractivity contribution in [2.75, 3.05) is 12.8 Å². The molecule has 0 spiro atoms. The second-order valence-electron chi connectivity index (χ2n) is 5.55. The van der Waals surface area contributed by atoms with Crippen LogP contribution in [-0.2, 0) is 16.4 Å². The monoisotopic (exact) mass is 321 g/mol. The summed E-state index contributed by atoms with van der Waals surface area (Å²) in [4.78, 5) is 12.5. The lowest BCUT2D eigenvalue weighted by atomic mass is 10.1. The highest BCUT2D eigenvalue weighted by Crippen LogP contribution is 2.24. The normalized spacial score (nSPS) is 19.6. The largest absolute Gasteiger partial charge is 0.290 e. The molecule has 1 saturated heterocycles. The first-order valence-corrected chi connectivity index (χ1v) is 9.15. The van der Waals surface area contributed by atoms with Gasteiger partial charge < -0.3 is 0 Å². The molecule has 1 fully saturated rings. The predicted octanol–water partition coefficient (Wildman–Crippen LogP) is 1.02. The molecule has 118 valence electrons. The van der Waals surface area contributed by atoms with Crippen LogP contribution >= 0.6 is 0 Å². The van der Waals surface area contributed by atoms with Crippen molar-refractivity contribution < 1.29 is 8.42 Å². The first kappa shape index (κ1) is 15.1. The van der Waals surface area contributed by atoms with Gasteiger partial charge in [0.15, 0.2) is 0 Å². The maximum atomic E-state index is 11.8. The van der Waals surface area contributed by atoms with E-state index >= 15 is 0 Å². The van der Waals surface area contributed by atoms with Crippen molar-refractivity contribution in [3.05, 3.63) is 36.8 Å². The summed E-state index contributed by atoms with van der Waals surface area (Å²) in [6.07, 6.45) is 11.4. The van der Waals surface area contributed by atoms with Crippen LogP contribution in [0.25, 0.3) is 5.82 Å². The van der Waals surface area contributed by atoms with Crippen LogP contribution in [0.1, 0.15) is 25.0 Å². The van der Waals surface area contributed by atoms with Gasteiger partial charge in [0.2, 0.25) is 10.0 Å². The Morgan fingerprint density at radius 1 is 1.36 bits per heavy atom. The minimum Gasteiger partial charge on any atom is -0.290 e. The van der Waals surface area contributed by atoms with Crippen LogP contribution < -0.4 is 0 Å². The number of nitrogens with zero attached hydrogens (tertiary/aromatic N) is 5. The molecule has 0 unspecified atom stereocenters. The fourth-order valence-electron chi connectivity index (χ4n) is 2.91. The number of aryl methyl sites for hydroxylation is 1. The first-order valence-electron chi connectivity index (χ1n) is 7.30. The molecule has 8 heteroatoms. The van der Waals surface area contributed by atoms with Crippen LogP contribution in [-0.4, -0.2) is 51.1 Å². The molecule has 7 nitrogen and oxygen atoms in total. The lowest BCUT2D eigenvalue weighted by Gasteiger charge is -2.21. The summed E-state index contributed by atoms with van der Waals surface area (Å²) in [6, 6.07) is 2.00. The highest BCUT2D eigenvalue weighted by molar-refractivity contribution is 7.88. The Morgan fingerprint density at radius 2 is 2.23 bits per heavy atom. The van der Waals surface area contributed by atoms with Gasteiger partial charge in [-0.15, -0.1) is 0 Å². The van der Waals surface area contributed by atoms with Crippen LogP contribution in [0.2, 0.25) is 0 Å². The summed E-state index contributed by atoms with van der Waals surface area (Å²) in [5.41, 5.74) is 0.916. The van der Waals surface area contributed by atoms with Crippen molar-refractivity contribution in [2.45, 2.75) is 31.7 Å². The Labute approximate surface area is 130 Å². The van der Waals surface area contributed by atoms with E-state index in [-0.39, 0.29) is 6.04 Å². The van der Waals surface area contributed by atoms with E-state index in [4.69, 9.17) is 0 Å². The van der Waals surface area contributed by atoms with E-state index in [2.05, 4.69) is 15.0 Å². The number of sulfonamides is 1. The van der Waals surface area contributed by atoms with Gasteiger partial charge in [-0.05, 0) is 25.7 Å². The summed E-state index contributed by atoms with van der Waals surface area (Å²) >= 11 is 0. The standard InChI is InChI=1S/C14H19N5O2S/c1-22(20,21)19-7-2-3-13(19)5-4-12-9-14(17-10-16-12)18-8-6-15-11-18/h6,8-11,13H,2-5,7H2,1H3/t13-/m0/s1. The second kappa shape index (κ2) is 6.13. The zero-order chi connectivity index (χ0) is 15.6. The third-order valence-electron chi connectivity index (χ3n) is 3.96. The average Bonchev–Trinajstić information content (AvgIpc) is 3.16. The third kappa shape index (κ3) is 3.33. The van der Waals surface area contributed by atoms with Crippen LogP contribution in [0.4, 0.5) is 0 Å². The van der Waals surface area contributed by atoms with Crippen LogP contribution in [0, 0.1) is 0 Å². The minimum absolute atomic E-state index is 0.0849. The zero-order valence-corrected chi connectivity index (χ0v) is 13.3. The first-order chi connectivity index (χ1) is 10.5. The summed E-state index contributed by atoms with van der Waals surface area (Å²) < 4.78 is 26.9. The Balaban J connectivity index is 1.68. The van der Waals surface area contributed by atoms with Crippen LogP contribution in [0.5, 0.6) is 0 Å². The van der Waals surface area contributed by atoms with Gasteiger partial charge in [-0.1, -0.05) is 0 Å². The molecule has 2 aromatic heterocycles. The van der Waals surface area contributed by atoms with E-state index in [1.165, 1.54) is 12.6 Å². The summed E-state index contributed by atoms with van der Waals surface area (Å²) in [5, 5.41) is 0. The molecule has 0 bridgehead atoms. The van der Waals surface area contributed by atoms with Crippen molar-refractivity contribution >= 4 is 10.0 Å². The Hall–Kier alpha value is -1.80. The lowest BCUT2D eigenvalue weighted by Crippen LogP contribution is -2.34. The maximum absolute atomic E-state index is 11.8. The van der Waals surface area contributed by atoms with Gasteiger partial charge in [0.05, 0.1) is 6.26 Å². The van der Waals surface area contributed by atoms with Crippen molar-refractivity contribution in [3.8, 4) is 5.82 Å². The zero-order valence-electron chi connectivity index (χ0n) is 12.5. The maximum Gasteiger partial charge on any atom is 0.211 e. The molecule has 0 amide bonds. The van der Waals surface area contributed by atoms with Gasteiger partial charge >= 0.3 is 0 Å². The number of hydrogen-bond acceptors (Lipinski definition) is 5. The Bertz CT molecular complexity index is 729.